The summed E-state index contributed by atoms with van der Waals surface area (Å²) in [5.74, 6) is -0.125. The molecule has 0 fully saturated rings. The molecule has 0 aromatic rings. The van der Waals surface area contributed by atoms with E-state index in [1.54, 1.807) is 14.0 Å². The molecule has 0 saturated heterocycles. The summed E-state index contributed by atoms with van der Waals surface area (Å²) in [6.07, 6.45) is 4.25. The molecule has 16 heteroatoms. The summed E-state index contributed by atoms with van der Waals surface area (Å²) in [6, 6.07) is 0. The lowest BCUT2D eigenvalue weighted by atomic mass is 10.2. The van der Waals surface area contributed by atoms with Crippen LogP contribution in [0.3, 0.4) is 0 Å². The fourth-order valence-corrected chi connectivity index (χ4v) is 3.82. The second-order valence-corrected chi connectivity index (χ2v) is 9.86. The van der Waals surface area contributed by atoms with Gasteiger partial charge in [-0.3, -0.25) is 24.0 Å². The second kappa shape index (κ2) is 24.1. The fourth-order valence-electron chi connectivity index (χ4n) is 3.42. The van der Waals surface area contributed by atoms with Crippen LogP contribution in [0, 0.1) is 0 Å². The molecule has 0 radical (unpaired) electrons. The van der Waals surface area contributed by atoms with Crippen LogP contribution in [-0.4, -0.2) is 119 Å². The van der Waals surface area contributed by atoms with Gasteiger partial charge in [0.1, 0.15) is 13.2 Å². The van der Waals surface area contributed by atoms with Crippen molar-refractivity contribution in [2.75, 3.05) is 79.5 Å². The van der Waals surface area contributed by atoms with Crippen LogP contribution in [0.15, 0.2) is 24.5 Å². The predicted molar refractivity (Wildman–Crippen MR) is 158 cm³/mol. The number of imide groups is 1. The van der Waals surface area contributed by atoms with Crippen LogP contribution in [-0.2, 0) is 38.1 Å². The molecule has 1 aliphatic rings. The number of allylic oxidation sites excluding steroid dienone is 1. The fraction of sp³-hybridized carbons (Fsp3) is 0.667. The van der Waals surface area contributed by atoms with Gasteiger partial charge in [0, 0.05) is 64.0 Å². The predicted octanol–water partition coefficient (Wildman–Crippen LogP) is 1.51. The molecule has 0 aromatic carbocycles. The molecule has 0 unspecified atom stereocenters. The second-order valence-electron chi connectivity index (χ2n) is 9.17. The van der Waals surface area contributed by atoms with Crippen molar-refractivity contribution in [1.29, 1.82) is 0 Å². The van der Waals surface area contributed by atoms with E-state index in [0.29, 0.717) is 84.0 Å². The van der Waals surface area contributed by atoms with Crippen molar-refractivity contribution in [2.45, 2.75) is 39.0 Å². The number of rotatable bonds is 25. The maximum absolute atomic E-state index is 12.2. The summed E-state index contributed by atoms with van der Waals surface area (Å²) >= 11 is 0.951. The van der Waals surface area contributed by atoms with Crippen molar-refractivity contribution in [3.8, 4) is 0 Å². The average Bonchev–Trinajstić information content (AvgIpc) is 3.29. The van der Waals surface area contributed by atoms with Crippen molar-refractivity contribution in [3.63, 3.8) is 0 Å². The van der Waals surface area contributed by atoms with Crippen LogP contribution in [0.4, 0.5) is 9.59 Å². The summed E-state index contributed by atoms with van der Waals surface area (Å²) in [4.78, 5) is 61.4. The maximum Gasteiger partial charge on any atom is 0.418 e. The Kier molecular flexibility index (Phi) is 21.2. The van der Waals surface area contributed by atoms with Gasteiger partial charge in [-0.2, -0.15) is 0 Å². The normalized spacial score (nSPS) is 12.3. The first-order chi connectivity index (χ1) is 20.7. The van der Waals surface area contributed by atoms with Crippen LogP contribution in [0.2, 0.25) is 0 Å². The van der Waals surface area contributed by atoms with Gasteiger partial charge in [-0.05, 0) is 26.2 Å². The lowest BCUT2D eigenvalue weighted by Crippen LogP contribution is -2.37. The number of ether oxygens (including phenoxy) is 5. The lowest BCUT2D eigenvalue weighted by molar-refractivity contribution is -0.137. The van der Waals surface area contributed by atoms with E-state index in [9.17, 15) is 24.0 Å². The zero-order chi connectivity index (χ0) is 31.7. The van der Waals surface area contributed by atoms with E-state index >= 15 is 0 Å². The van der Waals surface area contributed by atoms with E-state index in [2.05, 4.69) is 21.3 Å². The van der Waals surface area contributed by atoms with E-state index in [1.165, 1.54) is 22.0 Å². The topological polar surface area (TPSA) is 174 Å². The molecule has 0 saturated carbocycles. The van der Waals surface area contributed by atoms with Crippen LogP contribution in [0.1, 0.15) is 39.0 Å². The van der Waals surface area contributed by atoms with Gasteiger partial charge >= 0.3 is 12.2 Å². The molecule has 0 bridgehead atoms. The Balaban J connectivity index is 1.92. The Morgan fingerprint density at radius 3 is 2.35 bits per heavy atom. The third-order valence-corrected chi connectivity index (χ3v) is 6.22. The van der Waals surface area contributed by atoms with Crippen molar-refractivity contribution in [2.24, 2.45) is 0 Å². The van der Waals surface area contributed by atoms with Crippen LogP contribution < -0.4 is 14.8 Å². The SMILES string of the molecule is C=C(C)OCCN(CCOC)C(=O)OCCOCCNSNC(=O)OCCCNC(=O)CCCCCN1C(=O)C=CC1=O. The van der Waals surface area contributed by atoms with Crippen molar-refractivity contribution in [1.82, 2.24) is 24.6 Å². The van der Waals surface area contributed by atoms with Crippen molar-refractivity contribution >= 4 is 42.0 Å². The summed E-state index contributed by atoms with van der Waals surface area (Å²) in [5, 5.41) is 2.76. The molecule has 1 rings (SSSR count). The number of carbonyl (C=O) groups excluding carboxylic acids is 5. The molecule has 0 aromatic heterocycles. The zero-order valence-corrected chi connectivity index (χ0v) is 25.9. The van der Waals surface area contributed by atoms with E-state index in [0.717, 1.165) is 18.6 Å². The third kappa shape index (κ3) is 19.5. The van der Waals surface area contributed by atoms with E-state index < -0.39 is 12.2 Å². The first-order valence-electron chi connectivity index (χ1n) is 14.1. The number of hydrogen-bond donors (Lipinski definition) is 3. The Morgan fingerprint density at radius 2 is 1.63 bits per heavy atom. The number of carbonyl (C=O) groups is 5. The van der Waals surface area contributed by atoms with Gasteiger partial charge in [0.25, 0.3) is 11.8 Å². The molecule has 15 nitrogen and oxygen atoms in total. The molecule has 0 aliphatic carbocycles. The molecule has 1 heterocycles. The van der Waals surface area contributed by atoms with E-state index in [-0.39, 0.29) is 37.5 Å². The van der Waals surface area contributed by atoms with Crippen molar-refractivity contribution in [3.05, 3.63) is 24.5 Å². The van der Waals surface area contributed by atoms with Gasteiger partial charge in [-0.25, -0.2) is 14.3 Å². The first kappa shape index (κ1) is 37.7. The quantitative estimate of drug-likeness (QED) is 0.0574. The highest BCUT2D eigenvalue weighted by Crippen LogP contribution is 2.07. The Hall–Kier alpha value is -3.34. The van der Waals surface area contributed by atoms with E-state index in [1.807, 2.05) is 0 Å². The highest BCUT2D eigenvalue weighted by Gasteiger charge is 2.22. The molecular weight excluding hydrogens is 586 g/mol. The minimum atomic E-state index is -0.617. The summed E-state index contributed by atoms with van der Waals surface area (Å²) < 4.78 is 31.3. The number of hydrogen-bond acceptors (Lipinski definition) is 12. The van der Waals surface area contributed by atoms with Gasteiger partial charge in [0.2, 0.25) is 5.91 Å². The van der Waals surface area contributed by atoms with Gasteiger partial charge in [0.15, 0.2) is 0 Å². The third-order valence-electron chi connectivity index (χ3n) is 5.60. The summed E-state index contributed by atoms with van der Waals surface area (Å²) in [7, 11) is 1.55. The molecular formula is C27H45N5O10S. The molecule has 1 aliphatic heterocycles. The Morgan fingerprint density at radius 1 is 0.884 bits per heavy atom. The van der Waals surface area contributed by atoms with Gasteiger partial charge in [-0.1, -0.05) is 13.0 Å². The smallest absolute Gasteiger partial charge is 0.418 e. The van der Waals surface area contributed by atoms with E-state index in [4.69, 9.17) is 23.7 Å². The monoisotopic (exact) mass is 631 g/mol. The number of nitrogens with zero attached hydrogens (tertiary/aromatic N) is 2. The average molecular weight is 632 g/mol. The van der Waals surface area contributed by atoms with Crippen LogP contribution in [0.25, 0.3) is 0 Å². The zero-order valence-electron chi connectivity index (χ0n) is 25.1. The number of unbranched alkanes of at least 4 members (excludes halogenated alkanes) is 2. The largest absolute Gasteiger partial charge is 0.497 e. The van der Waals surface area contributed by atoms with Crippen LogP contribution >= 0.6 is 12.1 Å². The Bertz CT molecular complexity index is 903. The van der Waals surface area contributed by atoms with Crippen molar-refractivity contribution < 1.29 is 47.7 Å². The summed E-state index contributed by atoms with van der Waals surface area (Å²) in [6.45, 7) is 8.72. The molecule has 43 heavy (non-hydrogen) atoms. The van der Waals surface area contributed by atoms with Gasteiger partial charge in [0.05, 0.1) is 38.7 Å². The highest BCUT2D eigenvalue weighted by atomic mass is 32.2. The van der Waals surface area contributed by atoms with Crippen LogP contribution in [0.5, 0.6) is 0 Å². The minimum absolute atomic E-state index is 0.0884. The summed E-state index contributed by atoms with van der Waals surface area (Å²) in [5.41, 5.74) is 0. The molecule has 0 atom stereocenters. The standard InChI is InChI=1S/C27H45N5O10S/c1-22(2)40-19-15-31(14-18-38-3)27(37)42-21-20-39-17-12-29-43-30-26(36)41-16-7-11-28-23(33)8-5-4-6-13-32-24(34)9-10-25(32)35/h9-10,29H,1,4-8,11-21H2,2-3H3,(H,28,33)(H,30,36). The molecule has 0 spiro atoms. The number of nitrogens with one attached hydrogen (secondary N) is 3. The molecule has 5 amide bonds. The minimum Gasteiger partial charge on any atom is -0.497 e. The van der Waals surface area contributed by atoms with Gasteiger partial charge in [-0.15, -0.1) is 0 Å². The highest BCUT2D eigenvalue weighted by molar-refractivity contribution is 7.96. The Labute approximate surface area is 257 Å². The number of amides is 5. The maximum atomic E-state index is 12.2. The lowest BCUT2D eigenvalue weighted by Gasteiger charge is -2.22. The first-order valence-corrected chi connectivity index (χ1v) is 14.9. The number of methoxy groups -OCH3 is 1. The van der Waals surface area contributed by atoms with Gasteiger partial charge < -0.3 is 33.9 Å². The molecule has 244 valence electrons. The molecule has 3 N–H and O–H groups in total.